The first-order valence-electron chi connectivity index (χ1n) is 7.02. The van der Waals surface area contributed by atoms with Crippen LogP contribution in [0.15, 0.2) is 53.4 Å². The van der Waals surface area contributed by atoms with Crippen molar-refractivity contribution in [2.24, 2.45) is 0 Å². The molecule has 130 valence electrons. The number of nitro groups is 1. The largest absolute Gasteiger partial charge is 0.455 e. The molecule has 0 heterocycles. The average molecular weight is 381 g/mol. The van der Waals surface area contributed by atoms with E-state index >= 15 is 0 Å². The summed E-state index contributed by atoms with van der Waals surface area (Å²) < 4.78 is 4.88. The summed E-state index contributed by atoms with van der Waals surface area (Å²) in [5, 5.41) is 13.6. The number of ether oxygens (including phenoxy) is 1. The van der Waals surface area contributed by atoms with E-state index < -0.39 is 23.4 Å². The van der Waals surface area contributed by atoms with E-state index in [2.05, 4.69) is 5.32 Å². The van der Waals surface area contributed by atoms with Crippen molar-refractivity contribution in [3.63, 3.8) is 0 Å². The highest BCUT2D eigenvalue weighted by molar-refractivity contribution is 8.00. The third-order valence-electron chi connectivity index (χ3n) is 2.90. The topological polar surface area (TPSA) is 98.5 Å². The lowest BCUT2D eigenvalue weighted by Gasteiger charge is -2.06. The summed E-state index contributed by atoms with van der Waals surface area (Å²) in [5.74, 6) is -0.996. The molecule has 0 saturated heterocycles. The van der Waals surface area contributed by atoms with Crippen LogP contribution in [0.1, 0.15) is 0 Å². The van der Waals surface area contributed by atoms with Crippen molar-refractivity contribution in [2.75, 3.05) is 17.7 Å². The molecule has 1 N–H and O–H groups in total. The molecule has 0 aliphatic heterocycles. The third kappa shape index (κ3) is 6.44. The van der Waals surface area contributed by atoms with Crippen molar-refractivity contribution in [1.82, 2.24) is 0 Å². The molecule has 0 atom stereocenters. The highest BCUT2D eigenvalue weighted by Gasteiger charge is 2.10. The number of anilines is 1. The van der Waals surface area contributed by atoms with Crippen molar-refractivity contribution < 1.29 is 19.2 Å². The van der Waals surface area contributed by atoms with E-state index in [1.54, 1.807) is 24.3 Å². The van der Waals surface area contributed by atoms with E-state index in [1.807, 2.05) is 0 Å². The Morgan fingerprint density at radius 1 is 1.12 bits per heavy atom. The summed E-state index contributed by atoms with van der Waals surface area (Å²) in [6, 6.07) is 12.3. The Morgan fingerprint density at radius 3 is 2.36 bits per heavy atom. The van der Waals surface area contributed by atoms with E-state index in [0.29, 0.717) is 10.7 Å². The maximum atomic E-state index is 11.7. The summed E-state index contributed by atoms with van der Waals surface area (Å²) in [6.45, 7) is -0.434. The summed E-state index contributed by atoms with van der Waals surface area (Å²) in [7, 11) is 0. The molecule has 1 amide bonds. The standard InChI is InChI=1S/C16H13ClN2O5S/c17-11-1-7-14(8-2-11)25-10-16(21)24-9-15(20)18-12-3-5-13(6-4-12)19(22)23/h1-8H,9-10H2,(H,18,20). The Hall–Kier alpha value is -2.58. The van der Waals surface area contributed by atoms with Crippen LogP contribution in [0.3, 0.4) is 0 Å². The molecule has 0 fully saturated rings. The van der Waals surface area contributed by atoms with Gasteiger partial charge in [-0.25, -0.2) is 0 Å². The number of nitrogens with zero attached hydrogens (tertiary/aromatic N) is 1. The van der Waals surface area contributed by atoms with E-state index in [9.17, 15) is 19.7 Å². The highest BCUT2D eigenvalue weighted by atomic mass is 35.5. The normalized spacial score (nSPS) is 10.1. The van der Waals surface area contributed by atoms with Gasteiger partial charge in [0, 0.05) is 27.7 Å². The number of benzene rings is 2. The minimum Gasteiger partial charge on any atom is -0.455 e. The van der Waals surface area contributed by atoms with Crippen LogP contribution >= 0.6 is 23.4 Å². The van der Waals surface area contributed by atoms with Crippen LogP contribution < -0.4 is 5.32 Å². The molecule has 0 aliphatic carbocycles. The van der Waals surface area contributed by atoms with Crippen LogP contribution in [0.4, 0.5) is 11.4 Å². The predicted molar refractivity (Wildman–Crippen MR) is 94.9 cm³/mol. The summed E-state index contributed by atoms with van der Waals surface area (Å²) in [6.07, 6.45) is 0. The minimum atomic E-state index is -0.536. The van der Waals surface area contributed by atoms with Gasteiger partial charge in [0.2, 0.25) is 0 Å². The fraction of sp³-hybridized carbons (Fsp3) is 0.125. The Labute approximate surface area is 152 Å². The molecular weight excluding hydrogens is 368 g/mol. The quantitative estimate of drug-likeness (QED) is 0.341. The first-order valence-corrected chi connectivity index (χ1v) is 8.38. The second-order valence-electron chi connectivity index (χ2n) is 4.76. The second-order valence-corrected chi connectivity index (χ2v) is 6.24. The number of nitrogens with one attached hydrogen (secondary N) is 1. The van der Waals surface area contributed by atoms with Gasteiger partial charge in [0.25, 0.3) is 11.6 Å². The molecule has 0 aliphatic rings. The van der Waals surface area contributed by atoms with Gasteiger partial charge in [0.1, 0.15) is 0 Å². The van der Waals surface area contributed by atoms with Crippen LogP contribution in [0.2, 0.25) is 5.02 Å². The Kier molecular flexibility index (Phi) is 6.79. The first kappa shape index (κ1) is 18.8. The number of non-ortho nitro benzene ring substituents is 1. The summed E-state index contributed by atoms with van der Waals surface area (Å²) >= 11 is 7.04. The van der Waals surface area contributed by atoms with Gasteiger partial charge in [0.15, 0.2) is 6.61 Å². The fourth-order valence-corrected chi connectivity index (χ4v) is 2.55. The van der Waals surface area contributed by atoms with Crippen LogP contribution in [-0.2, 0) is 14.3 Å². The van der Waals surface area contributed by atoms with E-state index in [0.717, 1.165) is 4.90 Å². The molecule has 7 nitrogen and oxygen atoms in total. The number of hydrogen-bond acceptors (Lipinski definition) is 6. The molecule has 9 heteroatoms. The van der Waals surface area contributed by atoms with Crippen molar-refractivity contribution in [2.45, 2.75) is 4.90 Å². The van der Waals surface area contributed by atoms with E-state index in [-0.39, 0.29) is 11.4 Å². The first-order chi connectivity index (χ1) is 11.9. The van der Waals surface area contributed by atoms with Crippen molar-refractivity contribution in [3.05, 3.63) is 63.7 Å². The molecule has 0 spiro atoms. The lowest BCUT2D eigenvalue weighted by atomic mass is 10.3. The average Bonchev–Trinajstić information content (AvgIpc) is 2.60. The number of rotatable bonds is 7. The number of thioether (sulfide) groups is 1. The van der Waals surface area contributed by atoms with Crippen LogP contribution in [-0.4, -0.2) is 29.2 Å². The predicted octanol–water partition coefficient (Wildman–Crippen LogP) is 3.52. The molecule has 0 radical (unpaired) electrons. The monoisotopic (exact) mass is 380 g/mol. The number of carbonyl (C=O) groups is 2. The van der Waals surface area contributed by atoms with Crippen molar-refractivity contribution >= 4 is 46.6 Å². The molecule has 0 aromatic heterocycles. The van der Waals surface area contributed by atoms with Gasteiger partial charge in [-0.1, -0.05) is 11.6 Å². The van der Waals surface area contributed by atoms with Crippen LogP contribution in [0, 0.1) is 10.1 Å². The lowest BCUT2D eigenvalue weighted by molar-refractivity contribution is -0.384. The third-order valence-corrected chi connectivity index (χ3v) is 4.13. The summed E-state index contributed by atoms with van der Waals surface area (Å²) in [5.41, 5.74) is 0.297. The lowest BCUT2D eigenvalue weighted by Crippen LogP contribution is -2.21. The number of esters is 1. The highest BCUT2D eigenvalue weighted by Crippen LogP contribution is 2.20. The molecule has 2 rings (SSSR count). The number of halogens is 1. The van der Waals surface area contributed by atoms with Gasteiger partial charge in [-0.05, 0) is 36.4 Å². The van der Waals surface area contributed by atoms with Gasteiger partial charge < -0.3 is 10.1 Å². The van der Waals surface area contributed by atoms with Gasteiger partial charge in [-0.15, -0.1) is 11.8 Å². The zero-order valence-corrected chi connectivity index (χ0v) is 14.4. The molecular formula is C16H13ClN2O5S. The van der Waals surface area contributed by atoms with Crippen LogP contribution in [0.5, 0.6) is 0 Å². The molecule has 0 saturated carbocycles. The van der Waals surface area contributed by atoms with Crippen molar-refractivity contribution in [1.29, 1.82) is 0 Å². The Balaban J connectivity index is 1.72. The maximum Gasteiger partial charge on any atom is 0.316 e. The Bertz CT molecular complexity index is 765. The van der Waals surface area contributed by atoms with Gasteiger partial charge in [-0.3, -0.25) is 19.7 Å². The SMILES string of the molecule is O=C(COC(=O)CSc1ccc(Cl)cc1)Nc1ccc([N+](=O)[O-])cc1. The van der Waals surface area contributed by atoms with Gasteiger partial charge in [0.05, 0.1) is 10.7 Å². The van der Waals surface area contributed by atoms with Gasteiger partial charge >= 0.3 is 5.97 Å². The molecule has 25 heavy (non-hydrogen) atoms. The number of carbonyl (C=O) groups excluding carboxylic acids is 2. The number of hydrogen-bond donors (Lipinski definition) is 1. The molecule has 0 unspecified atom stereocenters. The Morgan fingerprint density at radius 2 is 1.76 bits per heavy atom. The summed E-state index contributed by atoms with van der Waals surface area (Å²) in [4.78, 5) is 34.2. The maximum absolute atomic E-state index is 11.7. The zero-order valence-electron chi connectivity index (χ0n) is 12.8. The molecule has 0 bridgehead atoms. The second kappa shape index (κ2) is 9.05. The van der Waals surface area contributed by atoms with Crippen LogP contribution in [0.25, 0.3) is 0 Å². The molecule has 2 aromatic rings. The fourth-order valence-electron chi connectivity index (χ4n) is 1.72. The number of amides is 1. The van der Waals surface area contributed by atoms with E-state index in [1.165, 1.54) is 36.0 Å². The minimum absolute atomic E-state index is 0.0619. The van der Waals surface area contributed by atoms with E-state index in [4.69, 9.17) is 16.3 Å². The van der Waals surface area contributed by atoms with Crippen molar-refractivity contribution in [3.8, 4) is 0 Å². The smallest absolute Gasteiger partial charge is 0.316 e. The number of nitro benzene ring substituents is 1. The van der Waals surface area contributed by atoms with Gasteiger partial charge in [-0.2, -0.15) is 0 Å². The molecule has 2 aromatic carbocycles. The zero-order chi connectivity index (χ0) is 18.2.